The fourth-order valence-electron chi connectivity index (χ4n) is 8.73. The number of hydrogen-bond donors (Lipinski definition) is 1. The van der Waals surface area contributed by atoms with E-state index in [1.165, 1.54) is 0 Å². The van der Waals surface area contributed by atoms with Crippen LogP contribution in [0.3, 0.4) is 0 Å². The summed E-state index contributed by atoms with van der Waals surface area (Å²) in [6.45, 7) is 25.7. The van der Waals surface area contributed by atoms with Crippen molar-refractivity contribution in [2.24, 2.45) is 12.2 Å². The molecule has 1 aromatic carbocycles. The number of allylic oxidation sites excluding steroid dienone is 3. The molecule has 1 aliphatic rings. The molecule has 1 N–H and O–H groups in total. The van der Waals surface area contributed by atoms with Crippen LogP contribution in [0.5, 0.6) is 0 Å². The van der Waals surface area contributed by atoms with Gasteiger partial charge in [-0.05, 0) is 49.1 Å². The minimum atomic E-state index is 0.0397. The first kappa shape index (κ1) is 94.8. The molecule has 0 saturated heterocycles. The lowest BCUT2D eigenvalue weighted by Gasteiger charge is -2.18. The average molecular weight is 1520 g/mol. The molecule has 0 radical (unpaired) electrons. The van der Waals surface area contributed by atoms with Crippen LogP contribution in [0.4, 0.5) is 5.69 Å². The lowest BCUT2D eigenvalue weighted by molar-refractivity contribution is -0.642. The Bertz CT molecular complexity index is 2440. The van der Waals surface area contributed by atoms with Gasteiger partial charge in [0.15, 0.2) is 0 Å². The van der Waals surface area contributed by atoms with E-state index in [0.29, 0.717) is 342 Å². The van der Waals surface area contributed by atoms with Gasteiger partial charge in [-0.1, -0.05) is 28.9 Å². The van der Waals surface area contributed by atoms with Crippen LogP contribution >= 0.6 is 11.3 Å². The summed E-state index contributed by atoms with van der Waals surface area (Å²) in [6, 6.07) is 5.72. The molecular weight excluding hydrogens is 1400 g/mol. The minimum absolute atomic E-state index is 0.0397. The van der Waals surface area contributed by atoms with E-state index in [1.54, 1.807) is 18.3 Å². The van der Waals surface area contributed by atoms with Crippen LogP contribution in [0.15, 0.2) is 53.4 Å². The minimum Gasteiger partial charge on any atom is -0.379 e. The predicted molar refractivity (Wildman–Crippen MR) is 391 cm³/mol. The van der Waals surface area contributed by atoms with E-state index in [1.807, 2.05) is 25.2 Å². The number of carbonyl (C=O) groups is 2. The van der Waals surface area contributed by atoms with Crippen molar-refractivity contribution >= 4 is 45.0 Å². The van der Waals surface area contributed by atoms with Gasteiger partial charge in [-0.15, -0.1) is 0 Å². The number of benzene rings is 1. The van der Waals surface area contributed by atoms with Crippen molar-refractivity contribution in [2.45, 2.75) is 39.0 Å². The Labute approximate surface area is 625 Å². The number of ether oxygens (including phenoxy) is 24. The average Bonchev–Trinajstić information content (AvgIpc) is 1.65. The number of nitrogens with zero attached hydrogens (tertiary/aromatic N) is 5. The fourth-order valence-corrected chi connectivity index (χ4v) is 9.83. The van der Waals surface area contributed by atoms with Crippen LogP contribution in [0, 0.1) is 0 Å². The van der Waals surface area contributed by atoms with Crippen molar-refractivity contribution in [3.8, 4) is 0 Å². The molecule has 0 bridgehead atoms. The Balaban J connectivity index is 0.860. The van der Waals surface area contributed by atoms with Crippen molar-refractivity contribution in [2.75, 3.05) is 330 Å². The number of Topliss-reactive ketones (excluding diaryl/α,β-unsaturated/α-hetero) is 1. The van der Waals surface area contributed by atoms with Gasteiger partial charge >= 0.3 is 0 Å². The summed E-state index contributed by atoms with van der Waals surface area (Å²) in [5.74, 6) is 0.158. The number of amides is 1. The monoisotopic (exact) mass is 1520 g/mol. The van der Waals surface area contributed by atoms with Crippen LogP contribution in [-0.2, 0) is 130 Å². The first-order chi connectivity index (χ1) is 52.0. The topological polar surface area (TPSA) is 324 Å². The maximum Gasteiger partial charge on any atom is 0.263 e. The number of fused-ring (bicyclic) bond motifs is 1. The Kier molecular flexibility index (Phi) is 67.8. The molecule has 604 valence electrons. The molecule has 1 aromatic heterocycles. The molecule has 1 aliphatic heterocycles. The van der Waals surface area contributed by atoms with Gasteiger partial charge in [0.05, 0.1) is 317 Å². The van der Waals surface area contributed by atoms with E-state index in [0.717, 1.165) is 46.6 Å². The number of azide groups is 1. The second-order valence-corrected chi connectivity index (χ2v) is 23.7. The number of unbranched alkanes of at least 4 members (excludes halogenated alkanes) is 2. The van der Waals surface area contributed by atoms with Gasteiger partial charge in [-0.2, -0.15) is 4.57 Å². The van der Waals surface area contributed by atoms with Gasteiger partial charge in [-0.3, -0.25) is 9.59 Å². The largest absolute Gasteiger partial charge is 0.379 e. The number of rotatable bonds is 83. The van der Waals surface area contributed by atoms with Gasteiger partial charge in [0.25, 0.3) is 5.01 Å². The van der Waals surface area contributed by atoms with Gasteiger partial charge in [-0.25, -0.2) is 0 Å². The normalized spacial score (nSPS) is 12.2. The number of thiazole rings is 1. The highest BCUT2D eigenvalue weighted by Crippen LogP contribution is 2.27. The van der Waals surface area contributed by atoms with Crippen molar-refractivity contribution in [1.82, 2.24) is 10.2 Å². The molecule has 0 spiro atoms. The standard InChI is InChI=1S/C72H124N6O26S/c1-66(79)11-16-81-18-20-83-22-24-85-26-28-87-30-32-89-34-36-91-38-40-93-42-44-95-46-48-97-50-52-99-54-56-101-58-60-103-62-63-104-61-59-102-57-55-100-53-51-98-49-47-96-45-43-94-41-39-92-37-35-90-33-31-88-29-27-86-25-23-84-21-19-82-17-12-74-71(80)6-4-3-5-13-78-14-9-67(10-15-78)64-72-77(2)69-65-68(75-76-73)7-8-70(69)105-72/h7-10,14-15,64-65H,3-6,11-13,16-63H2,1-2H3/p+1. The van der Waals surface area contributed by atoms with Crippen LogP contribution in [0.1, 0.15) is 44.0 Å². The molecule has 2 heterocycles. The zero-order valence-corrected chi connectivity index (χ0v) is 63.6. The Hall–Kier alpha value is -4.38. The third-order valence-electron chi connectivity index (χ3n) is 14.3. The lowest BCUT2D eigenvalue weighted by atomic mass is 10.1. The SMILES string of the molecule is CC(=O)CCOCCOCCOCCOCCOCCOCCOCCOCCOCCOCCOCCOCCOCCOCCOCCOCCOCCOCCOCCOCCOCCOCCOCCOCCNC(=O)CCCCCN1C=CC(=Cc2sc3ccc(N=[N+]=[N-])cc3[n+]2C)C=C1. The lowest BCUT2D eigenvalue weighted by Crippen LogP contribution is -2.29. The van der Waals surface area contributed by atoms with Gasteiger partial charge < -0.3 is 124 Å². The molecule has 0 aliphatic carbocycles. The number of ketones is 1. The maximum absolute atomic E-state index is 12.3. The van der Waals surface area contributed by atoms with Crippen molar-refractivity contribution in [3.63, 3.8) is 0 Å². The zero-order valence-electron chi connectivity index (χ0n) is 62.8. The summed E-state index contributed by atoms with van der Waals surface area (Å²) in [4.78, 5) is 28.2. The van der Waals surface area contributed by atoms with Crippen LogP contribution in [0.25, 0.3) is 26.7 Å². The molecule has 33 heteroatoms. The number of carbonyl (C=O) groups excluding carboxylic acids is 2. The Morgan fingerprint density at radius 3 is 0.981 bits per heavy atom. The second-order valence-electron chi connectivity index (χ2n) is 22.7. The number of nitrogens with one attached hydrogen (secondary N) is 1. The Morgan fingerprint density at radius 1 is 0.410 bits per heavy atom. The molecule has 0 unspecified atom stereocenters. The van der Waals surface area contributed by atoms with E-state index in [-0.39, 0.29) is 11.7 Å². The number of hydrogen-bond acceptors (Lipinski definition) is 29. The molecule has 0 atom stereocenters. The molecular formula is C72H125N6O26S+. The highest BCUT2D eigenvalue weighted by atomic mass is 32.1. The third kappa shape index (κ3) is 62.1. The highest BCUT2D eigenvalue weighted by molar-refractivity contribution is 7.18. The van der Waals surface area contributed by atoms with Crippen molar-refractivity contribution < 1.29 is 128 Å². The smallest absolute Gasteiger partial charge is 0.263 e. The van der Waals surface area contributed by atoms with Crippen LogP contribution in [-0.4, -0.2) is 347 Å². The summed E-state index contributed by atoms with van der Waals surface area (Å²) >= 11 is 1.69. The van der Waals surface area contributed by atoms with Crippen molar-refractivity contribution in [3.05, 3.63) is 63.8 Å². The quantitative estimate of drug-likeness (QED) is 0.0283. The summed E-state index contributed by atoms with van der Waals surface area (Å²) in [7, 11) is 2.01. The van der Waals surface area contributed by atoms with Gasteiger partial charge in [0.2, 0.25) is 11.4 Å². The molecule has 0 fully saturated rings. The van der Waals surface area contributed by atoms with Gasteiger partial charge in [0, 0.05) is 61.1 Å². The van der Waals surface area contributed by atoms with E-state index in [2.05, 4.69) is 55.4 Å². The van der Waals surface area contributed by atoms with E-state index in [4.69, 9.17) is 119 Å². The maximum atomic E-state index is 12.3. The summed E-state index contributed by atoms with van der Waals surface area (Å²) in [6.07, 6.45) is 14.2. The van der Waals surface area contributed by atoms with Crippen molar-refractivity contribution in [1.29, 1.82) is 0 Å². The molecule has 32 nitrogen and oxygen atoms in total. The first-order valence-corrected chi connectivity index (χ1v) is 37.7. The molecule has 3 rings (SSSR count). The third-order valence-corrected chi connectivity index (χ3v) is 15.4. The Morgan fingerprint density at radius 2 is 0.695 bits per heavy atom. The van der Waals surface area contributed by atoms with Gasteiger partial charge in [0.1, 0.15) is 17.5 Å². The fraction of sp³-hybridized carbons (Fsp3) is 0.792. The van der Waals surface area contributed by atoms with Crippen LogP contribution in [0.2, 0.25) is 0 Å². The summed E-state index contributed by atoms with van der Waals surface area (Å²) in [5, 5.41) is 7.75. The number of aryl methyl sites for hydroxylation is 1. The molecule has 2 aromatic rings. The van der Waals surface area contributed by atoms with Crippen LogP contribution < -0.4 is 9.88 Å². The van der Waals surface area contributed by atoms with E-state index < -0.39 is 0 Å². The predicted octanol–water partition coefficient (Wildman–Crippen LogP) is 5.45. The highest BCUT2D eigenvalue weighted by Gasteiger charge is 2.17. The molecule has 1 amide bonds. The summed E-state index contributed by atoms with van der Waals surface area (Å²) in [5.41, 5.74) is 11.5. The first-order valence-electron chi connectivity index (χ1n) is 36.9. The second kappa shape index (κ2) is 75.1. The summed E-state index contributed by atoms with van der Waals surface area (Å²) < 4.78 is 136. The number of aromatic nitrogens is 1. The zero-order chi connectivity index (χ0) is 74.5. The molecule has 0 saturated carbocycles. The molecule has 105 heavy (non-hydrogen) atoms. The van der Waals surface area contributed by atoms with E-state index in [9.17, 15) is 9.59 Å². The van der Waals surface area contributed by atoms with E-state index >= 15 is 0 Å².